The first kappa shape index (κ1) is 18.3. The second-order valence-electron chi connectivity index (χ2n) is 5.29. The lowest BCUT2D eigenvalue weighted by atomic mass is 9.94. The van der Waals surface area contributed by atoms with E-state index in [2.05, 4.69) is 9.97 Å². The summed E-state index contributed by atoms with van der Waals surface area (Å²) in [4.78, 5) is 30.3. The van der Waals surface area contributed by atoms with Gasteiger partial charge in [0.15, 0.2) is 10.9 Å². The highest BCUT2D eigenvalue weighted by molar-refractivity contribution is 7.98. The summed E-state index contributed by atoms with van der Waals surface area (Å²) < 4.78 is 37.7. The van der Waals surface area contributed by atoms with Gasteiger partial charge >= 0.3 is 6.18 Å². The Hall–Kier alpha value is -2.09. The van der Waals surface area contributed by atoms with Crippen LogP contribution in [-0.2, 0) is 6.18 Å². The van der Waals surface area contributed by atoms with Crippen LogP contribution >= 0.6 is 11.8 Å². The van der Waals surface area contributed by atoms with E-state index >= 15 is 0 Å². The van der Waals surface area contributed by atoms with Crippen LogP contribution in [0.2, 0.25) is 0 Å². The number of ketones is 1. The normalized spacial score (nSPS) is 12.9. The number of carbonyl (C=O) groups is 1. The number of hydrogen-bond donors (Lipinski definition) is 1. The number of halogens is 3. The van der Waals surface area contributed by atoms with Crippen molar-refractivity contribution in [2.24, 2.45) is 0 Å². The molecule has 2 rings (SSSR count). The third-order valence-corrected chi connectivity index (χ3v) is 4.08. The molecule has 24 heavy (non-hydrogen) atoms. The molecule has 4 nitrogen and oxygen atoms in total. The second kappa shape index (κ2) is 7.21. The summed E-state index contributed by atoms with van der Waals surface area (Å²) in [6.07, 6.45) is -2.62. The van der Waals surface area contributed by atoms with Gasteiger partial charge in [0, 0.05) is 12.5 Å². The summed E-state index contributed by atoms with van der Waals surface area (Å²) in [5, 5.41) is 0.341. The van der Waals surface area contributed by atoms with Gasteiger partial charge in [-0.05, 0) is 29.9 Å². The molecule has 0 bridgehead atoms. The third kappa shape index (κ3) is 4.47. The van der Waals surface area contributed by atoms with Crippen LogP contribution in [0.3, 0.4) is 0 Å². The predicted octanol–water partition coefficient (Wildman–Crippen LogP) is 3.89. The van der Waals surface area contributed by atoms with Gasteiger partial charge in [-0.3, -0.25) is 9.59 Å². The molecule has 1 atom stereocenters. The largest absolute Gasteiger partial charge is 0.416 e. The number of rotatable bonds is 5. The van der Waals surface area contributed by atoms with Gasteiger partial charge in [0.25, 0.3) is 5.56 Å². The minimum atomic E-state index is -4.39. The van der Waals surface area contributed by atoms with E-state index in [1.807, 2.05) is 0 Å². The molecule has 0 amide bonds. The van der Waals surface area contributed by atoms with Crippen LogP contribution in [-0.4, -0.2) is 22.0 Å². The zero-order valence-corrected chi connectivity index (χ0v) is 13.8. The first-order valence-electron chi connectivity index (χ1n) is 7.06. The number of nitrogens with one attached hydrogen (secondary N) is 1. The van der Waals surface area contributed by atoms with E-state index in [1.165, 1.54) is 23.9 Å². The number of carbonyl (C=O) groups excluding carboxylic acids is 1. The van der Waals surface area contributed by atoms with E-state index in [-0.39, 0.29) is 23.8 Å². The highest BCUT2D eigenvalue weighted by atomic mass is 32.2. The molecule has 128 valence electrons. The number of thioether (sulfide) groups is 1. The van der Waals surface area contributed by atoms with Gasteiger partial charge < -0.3 is 4.98 Å². The maximum absolute atomic E-state index is 12.6. The molecule has 0 aliphatic heterocycles. The summed E-state index contributed by atoms with van der Waals surface area (Å²) in [6.45, 7) is 1.74. The zero-order chi connectivity index (χ0) is 17.9. The van der Waals surface area contributed by atoms with Crippen LogP contribution in [0.15, 0.2) is 40.3 Å². The van der Waals surface area contributed by atoms with E-state index < -0.39 is 17.3 Å². The number of aromatic amines is 1. The predicted molar refractivity (Wildman–Crippen MR) is 85.4 cm³/mol. The molecule has 0 unspecified atom stereocenters. The molecule has 1 heterocycles. The summed E-state index contributed by atoms with van der Waals surface area (Å²) in [5.74, 6) is -0.623. The van der Waals surface area contributed by atoms with Crippen LogP contribution in [0.4, 0.5) is 13.2 Å². The van der Waals surface area contributed by atoms with Crippen LogP contribution in [0, 0.1) is 0 Å². The Balaban J connectivity index is 2.14. The Labute approximate surface area is 140 Å². The Kier molecular flexibility index (Phi) is 5.48. The number of aromatic nitrogens is 2. The summed E-state index contributed by atoms with van der Waals surface area (Å²) in [7, 11) is 0. The number of benzene rings is 1. The quantitative estimate of drug-likeness (QED) is 0.502. The van der Waals surface area contributed by atoms with Crippen LogP contribution < -0.4 is 5.56 Å². The minimum absolute atomic E-state index is 0.0512. The van der Waals surface area contributed by atoms with Crippen molar-refractivity contribution in [2.75, 3.05) is 6.26 Å². The van der Waals surface area contributed by atoms with Crippen molar-refractivity contribution in [1.29, 1.82) is 0 Å². The fraction of sp³-hybridized carbons (Fsp3) is 0.312. The fourth-order valence-electron chi connectivity index (χ4n) is 2.18. The standard InChI is InChI=1S/C16H15F3N2O2S/c1-9(10-3-5-11(6-4-10)16(17,18)19)7-13(22)12-8-14(23)21-15(20-12)24-2/h3-6,8-9H,7H2,1-2H3,(H,20,21,23)/t9-/m1/s1. The van der Waals surface area contributed by atoms with Crippen molar-refractivity contribution in [3.8, 4) is 0 Å². The van der Waals surface area contributed by atoms with Crippen molar-refractivity contribution in [2.45, 2.75) is 30.6 Å². The molecule has 2 aromatic rings. The Morgan fingerprint density at radius 2 is 1.92 bits per heavy atom. The van der Waals surface area contributed by atoms with Gasteiger partial charge in [-0.1, -0.05) is 30.8 Å². The Morgan fingerprint density at radius 3 is 2.46 bits per heavy atom. The Bertz CT molecular complexity index is 785. The van der Waals surface area contributed by atoms with Gasteiger partial charge in [-0.15, -0.1) is 0 Å². The highest BCUT2D eigenvalue weighted by Gasteiger charge is 2.30. The van der Waals surface area contributed by atoms with Gasteiger partial charge in [0.05, 0.1) is 5.56 Å². The van der Waals surface area contributed by atoms with E-state index in [0.29, 0.717) is 10.7 Å². The number of alkyl halides is 3. The van der Waals surface area contributed by atoms with E-state index in [4.69, 9.17) is 0 Å². The third-order valence-electron chi connectivity index (χ3n) is 3.50. The highest BCUT2D eigenvalue weighted by Crippen LogP contribution is 2.30. The minimum Gasteiger partial charge on any atom is -0.301 e. The molecule has 0 radical (unpaired) electrons. The van der Waals surface area contributed by atoms with Gasteiger partial charge in [-0.2, -0.15) is 13.2 Å². The van der Waals surface area contributed by atoms with Crippen molar-refractivity contribution in [1.82, 2.24) is 9.97 Å². The SMILES string of the molecule is CSc1nc(C(=O)C[C@@H](C)c2ccc(C(F)(F)F)cc2)cc(=O)[nH]1. The molecule has 0 saturated carbocycles. The van der Waals surface area contributed by atoms with Crippen molar-refractivity contribution < 1.29 is 18.0 Å². The molecule has 0 aliphatic carbocycles. The molecule has 0 aliphatic rings. The molecule has 0 saturated heterocycles. The van der Waals surface area contributed by atoms with E-state index in [1.54, 1.807) is 13.2 Å². The molecular weight excluding hydrogens is 341 g/mol. The first-order valence-corrected chi connectivity index (χ1v) is 8.29. The topological polar surface area (TPSA) is 62.8 Å². The maximum atomic E-state index is 12.6. The van der Waals surface area contributed by atoms with Crippen molar-refractivity contribution in [3.63, 3.8) is 0 Å². The molecule has 1 aromatic heterocycles. The molecule has 0 spiro atoms. The Morgan fingerprint density at radius 1 is 1.29 bits per heavy atom. The molecule has 0 fully saturated rings. The molecule has 8 heteroatoms. The molecular formula is C16H15F3N2O2S. The summed E-state index contributed by atoms with van der Waals surface area (Å²) in [6, 6.07) is 5.83. The average molecular weight is 356 g/mol. The molecule has 1 N–H and O–H groups in total. The van der Waals surface area contributed by atoms with Crippen molar-refractivity contribution >= 4 is 17.5 Å². The first-order chi connectivity index (χ1) is 11.2. The maximum Gasteiger partial charge on any atom is 0.416 e. The second-order valence-corrected chi connectivity index (χ2v) is 6.08. The van der Waals surface area contributed by atoms with Crippen molar-refractivity contribution in [3.05, 3.63) is 57.5 Å². The smallest absolute Gasteiger partial charge is 0.301 e. The monoisotopic (exact) mass is 356 g/mol. The fourth-order valence-corrected chi connectivity index (χ4v) is 2.57. The van der Waals surface area contributed by atoms with Gasteiger partial charge in [0.1, 0.15) is 5.69 Å². The number of hydrogen-bond acceptors (Lipinski definition) is 4. The van der Waals surface area contributed by atoms with Crippen LogP contribution in [0.1, 0.15) is 40.9 Å². The number of H-pyrrole nitrogens is 1. The van der Waals surface area contributed by atoms with Gasteiger partial charge in [-0.25, -0.2) is 4.98 Å². The van der Waals surface area contributed by atoms with Crippen LogP contribution in [0.25, 0.3) is 0 Å². The van der Waals surface area contributed by atoms with Crippen LogP contribution in [0.5, 0.6) is 0 Å². The lowest BCUT2D eigenvalue weighted by Gasteiger charge is -2.13. The summed E-state index contributed by atoms with van der Waals surface area (Å²) >= 11 is 1.21. The lowest BCUT2D eigenvalue weighted by Crippen LogP contribution is -2.15. The van der Waals surface area contributed by atoms with E-state index in [9.17, 15) is 22.8 Å². The number of nitrogens with zero attached hydrogens (tertiary/aromatic N) is 1. The summed E-state index contributed by atoms with van der Waals surface area (Å²) in [5.41, 5.74) is -0.473. The zero-order valence-electron chi connectivity index (χ0n) is 13.0. The number of Topliss-reactive ketones (excluding diaryl/α,β-unsaturated/α-hetero) is 1. The average Bonchev–Trinajstić information content (AvgIpc) is 2.53. The lowest BCUT2D eigenvalue weighted by molar-refractivity contribution is -0.137. The molecule has 1 aromatic carbocycles. The van der Waals surface area contributed by atoms with Gasteiger partial charge in [0.2, 0.25) is 0 Å². The van der Waals surface area contributed by atoms with E-state index in [0.717, 1.165) is 18.2 Å².